The molecule has 144 valence electrons. The van der Waals surface area contributed by atoms with Gasteiger partial charge in [-0.05, 0) is 13.0 Å². The highest BCUT2D eigenvalue weighted by Crippen LogP contribution is 2.06. The second kappa shape index (κ2) is 12.1. The van der Waals surface area contributed by atoms with E-state index in [1.807, 2.05) is 0 Å². The molecule has 1 saturated heterocycles. The number of nitrogens with zero attached hydrogens (tertiary/aromatic N) is 4. The normalized spacial score (nSPS) is 15.4. The van der Waals surface area contributed by atoms with Gasteiger partial charge in [0.05, 0.1) is 6.54 Å². The number of aromatic nitrogens is 2. The van der Waals surface area contributed by atoms with E-state index in [0.717, 1.165) is 32.7 Å². The topological polar surface area (TPSA) is 82.5 Å². The molecule has 10 heteroatoms. The summed E-state index contributed by atoms with van der Waals surface area (Å²) in [6.07, 6.45) is 3.37. The van der Waals surface area contributed by atoms with E-state index in [2.05, 4.69) is 20.6 Å². The molecule has 1 aromatic rings. The molecule has 25 heavy (non-hydrogen) atoms. The summed E-state index contributed by atoms with van der Waals surface area (Å²) in [6, 6.07) is 1.36. The Morgan fingerprint density at radius 2 is 2.00 bits per heavy atom. The molecule has 0 aliphatic carbocycles. The van der Waals surface area contributed by atoms with Crippen molar-refractivity contribution in [1.82, 2.24) is 30.2 Å². The van der Waals surface area contributed by atoms with Gasteiger partial charge in [-0.25, -0.2) is 0 Å². The zero-order valence-corrected chi connectivity index (χ0v) is 16.3. The minimum Gasteiger partial charge on any atom is -0.353 e. The Morgan fingerprint density at radius 3 is 2.60 bits per heavy atom. The molecule has 1 fully saturated rings. The van der Waals surface area contributed by atoms with Gasteiger partial charge in [-0.1, -0.05) is 0 Å². The van der Waals surface area contributed by atoms with E-state index in [-0.39, 0.29) is 43.2 Å². The summed E-state index contributed by atoms with van der Waals surface area (Å²) < 4.78 is 1.58. The summed E-state index contributed by atoms with van der Waals surface area (Å²) in [5, 5.41) is 10.2. The van der Waals surface area contributed by atoms with Crippen LogP contribution < -0.4 is 10.6 Å². The maximum atomic E-state index is 12.3. The summed E-state index contributed by atoms with van der Waals surface area (Å²) in [4.78, 5) is 28.0. The number of likely N-dealkylation sites (N-methyl/N-ethyl adjacent to an activating group) is 1. The molecule has 0 aromatic carbocycles. The summed E-state index contributed by atoms with van der Waals surface area (Å²) in [6.45, 7) is 7.29. The van der Waals surface area contributed by atoms with E-state index < -0.39 is 6.04 Å². The zero-order valence-electron chi connectivity index (χ0n) is 14.7. The molecule has 1 unspecified atom stereocenters. The summed E-state index contributed by atoms with van der Waals surface area (Å²) in [5.41, 5.74) is 0. The maximum absolute atomic E-state index is 12.3. The van der Waals surface area contributed by atoms with Crippen LogP contribution in [-0.4, -0.2) is 84.3 Å². The third kappa shape index (κ3) is 7.60. The van der Waals surface area contributed by atoms with Crippen LogP contribution in [0.5, 0.6) is 0 Å². The van der Waals surface area contributed by atoms with Crippen molar-refractivity contribution < 1.29 is 9.59 Å². The summed E-state index contributed by atoms with van der Waals surface area (Å²) in [7, 11) is 1.64. The van der Waals surface area contributed by atoms with Crippen LogP contribution in [0.3, 0.4) is 0 Å². The molecule has 0 saturated carbocycles. The Labute approximate surface area is 161 Å². The number of amides is 2. The largest absolute Gasteiger partial charge is 0.353 e. The molecule has 2 rings (SSSR count). The molecule has 2 amide bonds. The lowest BCUT2D eigenvalue weighted by atomic mass is 10.3. The van der Waals surface area contributed by atoms with Crippen LogP contribution in [0, 0.1) is 0 Å². The molecule has 1 aromatic heterocycles. The zero-order chi connectivity index (χ0) is 16.7. The van der Waals surface area contributed by atoms with Crippen molar-refractivity contribution in [2.75, 3.05) is 52.9 Å². The first kappa shape index (κ1) is 23.6. The van der Waals surface area contributed by atoms with Crippen molar-refractivity contribution >= 4 is 36.6 Å². The van der Waals surface area contributed by atoms with Crippen LogP contribution >= 0.6 is 24.8 Å². The van der Waals surface area contributed by atoms with Gasteiger partial charge in [0.25, 0.3) is 0 Å². The minimum absolute atomic E-state index is 0. The predicted molar refractivity (Wildman–Crippen MR) is 101 cm³/mol. The fraction of sp³-hybridized carbons (Fsp3) is 0.667. The number of halogens is 2. The maximum Gasteiger partial charge on any atom is 0.247 e. The van der Waals surface area contributed by atoms with Crippen molar-refractivity contribution in [2.24, 2.45) is 0 Å². The second-order valence-corrected chi connectivity index (χ2v) is 5.80. The van der Waals surface area contributed by atoms with Gasteiger partial charge in [0, 0.05) is 58.7 Å². The van der Waals surface area contributed by atoms with Gasteiger partial charge >= 0.3 is 0 Å². The van der Waals surface area contributed by atoms with Crippen LogP contribution in [0.1, 0.15) is 13.0 Å². The fourth-order valence-corrected chi connectivity index (χ4v) is 2.58. The first-order valence-electron chi connectivity index (χ1n) is 8.02. The molecular formula is C15H28Cl2N6O2. The molecule has 1 atom stereocenters. The van der Waals surface area contributed by atoms with Gasteiger partial charge in [0.15, 0.2) is 0 Å². The molecule has 0 bridgehead atoms. The number of hydrogen-bond donors (Lipinski definition) is 2. The Hall–Kier alpha value is -1.35. The average molecular weight is 395 g/mol. The molecule has 1 aliphatic heterocycles. The van der Waals surface area contributed by atoms with Crippen molar-refractivity contribution in [1.29, 1.82) is 0 Å². The Balaban J connectivity index is 0.00000288. The Morgan fingerprint density at radius 1 is 1.32 bits per heavy atom. The van der Waals surface area contributed by atoms with Crippen LogP contribution in [0.25, 0.3) is 0 Å². The van der Waals surface area contributed by atoms with Gasteiger partial charge in [0.2, 0.25) is 11.8 Å². The number of nitrogens with one attached hydrogen (secondary N) is 2. The first-order valence-corrected chi connectivity index (χ1v) is 8.02. The number of carbonyl (C=O) groups excluding carboxylic acids is 2. The molecule has 0 radical (unpaired) electrons. The highest BCUT2D eigenvalue weighted by Gasteiger charge is 2.21. The SMILES string of the molecule is CC(C(=O)N(C)CC(=O)NCCN1CCNCC1)n1cccn1.Cl.Cl. The van der Waals surface area contributed by atoms with Crippen molar-refractivity contribution in [3.05, 3.63) is 18.5 Å². The van der Waals surface area contributed by atoms with E-state index in [1.54, 1.807) is 37.1 Å². The van der Waals surface area contributed by atoms with Gasteiger partial charge in [0.1, 0.15) is 6.04 Å². The quantitative estimate of drug-likeness (QED) is 0.667. The van der Waals surface area contributed by atoms with E-state index in [4.69, 9.17) is 0 Å². The van der Waals surface area contributed by atoms with Crippen LogP contribution in [-0.2, 0) is 9.59 Å². The number of piperazine rings is 1. The molecule has 0 spiro atoms. The van der Waals surface area contributed by atoms with Crippen molar-refractivity contribution in [3.8, 4) is 0 Å². The van der Waals surface area contributed by atoms with Crippen LogP contribution in [0.2, 0.25) is 0 Å². The number of rotatable bonds is 7. The smallest absolute Gasteiger partial charge is 0.247 e. The van der Waals surface area contributed by atoms with Gasteiger partial charge in [-0.3, -0.25) is 19.2 Å². The lowest BCUT2D eigenvalue weighted by Gasteiger charge is -2.27. The van der Waals surface area contributed by atoms with E-state index >= 15 is 0 Å². The monoisotopic (exact) mass is 394 g/mol. The van der Waals surface area contributed by atoms with E-state index in [9.17, 15) is 9.59 Å². The lowest BCUT2D eigenvalue weighted by Crippen LogP contribution is -2.47. The van der Waals surface area contributed by atoms with Gasteiger partial charge in [-0.2, -0.15) is 5.10 Å². The van der Waals surface area contributed by atoms with Gasteiger partial charge in [-0.15, -0.1) is 24.8 Å². The predicted octanol–water partition coefficient (Wildman–Crippen LogP) is -0.232. The number of hydrogen-bond acceptors (Lipinski definition) is 5. The Bertz CT molecular complexity index is 508. The van der Waals surface area contributed by atoms with Crippen molar-refractivity contribution in [3.63, 3.8) is 0 Å². The number of carbonyl (C=O) groups is 2. The highest BCUT2D eigenvalue weighted by atomic mass is 35.5. The van der Waals surface area contributed by atoms with Gasteiger partial charge < -0.3 is 15.5 Å². The summed E-state index contributed by atoms with van der Waals surface area (Å²) >= 11 is 0. The second-order valence-electron chi connectivity index (χ2n) is 5.80. The van der Waals surface area contributed by atoms with Crippen LogP contribution in [0.4, 0.5) is 0 Å². The standard InChI is InChI=1S/C15H26N6O2.2ClH/c1-13(21-8-3-4-18-21)15(23)19(2)12-14(22)17-7-11-20-9-5-16-6-10-20;;/h3-4,8,13,16H,5-7,9-12H2,1-2H3,(H,17,22);2*1H. The lowest BCUT2D eigenvalue weighted by molar-refractivity contribution is -0.137. The minimum atomic E-state index is -0.413. The summed E-state index contributed by atoms with van der Waals surface area (Å²) in [5.74, 6) is -0.269. The molecule has 2 N–H and O–H groups in total. The highest BCUT2D eigenvalue weighted by molar-refractivity contribution is 5.86. The average Bonchev–Trinajstić information content (AvgIpc) is 3.08. The molecular weight excluding hydrogens is 367 g/mol. The van der Waals surface area contributed by atoms with Crippen LogP contribution in [0.15, 0.2) is 18.5 Å². The first-order chi connectivity index (χ1) is 11.1. The molecule has 2 heterocycles. The van der Waals surface area contributed by atoms with Crippen molar-refractivity contribution in [2.45, 2.75) is 13.0 Å². The van der Waals surface area contributed by atoms with E-state index in [1.165, 1.54) is 4.90 Å². The third-order valence-corrected chi connectivity index (χ3v) is 4.00. The Kier molecular flexibility index (Phi) is 11.4. The fourth-order valence-electron chi connectivity index (χ4n) is 2.58. The molecule has 8 nitrogen and oxygen atoms in total. The third-order valence-electron chi connectivity index (χ3n) is 4.00. The molecule has 1 aliphatic rings. The van der Waals surface area contributed by atoms with E-state index in [0.29, 0.717) is 6.54 Å².